The Morgan fingerprint density at radius 2 is 2.09 bits per heavy atom. The van der Waals surface area contributed by atoms with E-state index in [0.29, 0.717) is 17.1 Å². The van der Waals surface area contributed by atoms with E-state index in [9.17, 15) is 9.59 Å². The maximum Gasteiger partial charge on any atom is 0.337 e. The van der Waals surface area contributed by atoms with Crippen LogP contribution in [0.25, 0.3) is 0 Å². The fourth-order valence-corrected chi connectivity index (χ4v) is 3.63. The minimum Gasteiger partial charge on any atom is -0.465 e. The van der Waals surface area contributed by atoms with Crippen LogP contribution in [0.4, 0.5) is 5.82 Å². The van der Waals surface area contributed by atoms with Gasteiger partial charge in [0.2, 0.25) is 5.91 Å². The van der Waals surface area contributed by atoms with Crippen molar-refractivity contribution >= 4 is 29.5 Å². The summed E-state index contributed by atoms with van der Waals surface area (Å²) in [5, 5.41) is 9.86. The topological polar surface area (TPSA) is 84.1 Å². The molecule has 1 atom stereocenters. The molecule has 1 aromatic heterocycles. The number of thioether (sulfide) groups is 1. The normalized spacial score (nSPS) is 17.4. The van der Waals surface area contributed by atoms with E-state index in [0.717, 1.165) is 16.8 Å². The van der Waals surface area contributed by atoms with E-state index in [1.807, 2.05) is 19.1 Å². The number of esters is 1. The van der Waals surface area contributed by atoms with Crippen molar-refractivity contribution in [3.05, 3.63) is 46.6 Å². The summed E-state index contributed by atoms with van der Waals surface area (Å²) in [5.74, 6) is 0.511. The smallest absolute Gasteiger partial charge is 0.337 e. The van der Waals surface area contributed by atoms with E-state index in [-0.39, 0.29) is 17.1 Å². The number of aryl methyl sites for hydroxylation is 1. The lowest BCUT2D eigenvalue weighted by molar-refractivity contribution is -0.113. The molecule has 0 fully saturated rings. The molecular weight excluding hydrogens is 302 g/mol. The van der Waals surface area contributed by atoms with Crippen LogP contribution in [0.15, 0.2) is 24.3 Å². The lowest BCUT2D eigenvalue weighted by atomic mass is 10.0. The number of anilines is 1. The number of carbonyl (C=O) groups excluding carboxylic acids is 2. The van der Waals surface area contributed by atoms with E-state index in [4.69, 9.17) is 4.74 Å². The zero-order valence-electron chi connectivity index (χ0n) is 12.2. The Morgan fingerprint density at radius 3 is 2.77 bits per heavy atom. The van der Waals surface area contributed by atoms with Gasteiger partial charge in [0, 0.05) is 11.3 Å². The predicted molar refractivity (Wildman–Crippen MR) is 84.0 cm³/mol. The summed E-state index contributed by atoms with van der Waals surface area (Å²) in [6, 6.07) is 7.24. The fraction of sp³-hybridized carbons (Fsp3) is 0.267. The molecule has 7 heteroatoms. The highest BCUT2D eigenvalue weighted by Gasteiger charge is 2.28. The van der Waals surface area contributed by atoms with Gasteiger partial charge in [-0.1, -0.05) is 12.1 Å². The molecule has 1 aliphatic heterocycles. The third-order valence-electron chi connectivity index (χ3n) is 3.53. The molecule has 114 valence electrons. The molecule has 1 amide bonds. The minimum atomic E-state index is -0.364. The molecule has 0 radical (unpaired) electrons. The van der Waals surface area contributed by atoms with Crippen molar-refractivity contribution in [1.82, 2.24) is 10.2 Å². The molecule has 0 spiro atoms. The number of carbonyl (C=O) groups is 2. The van der Waals surface area contributed by atoms with E-state index in [1.54, 1.807) is 12.1 Å². The lowest BCUT2D eigenvalue weighted by Gasteiger charge is -2.15. The SMILES string of the molecule is COC(=O)c1ccc(C2SCC(=O)Nc3n[nH]c(C)c32)cc1. The highest BCUT2D eigenvalue weighted by atomic mass is 32.2. The fourth-order valence-electron chi connectivity index (χ4n) is 2.44. The van der Waals surface area contributed by atoms with Crippen LogP contribution in [0.5, 0.6) is 0 Å². The molecule has 2 N–H and O–H groups in total. The van der Waals surface area contributed by atoms with Crippen molar-refractivity contribution < 1.29 is 14.3 Å². The number of hydrogen-bond donors (Lipinski definition) is 2. The lowest BCUT2D eigenvalue weighted by Crippen LogP contribution is -2.12. The summed E-state index contributed by atoms with van der Waals surface area (Å²) >= 11 is 1.54. The maximum absolute atomic E-state index is 11.8. The van der Waals surface area contributed by atoms with Crippen molar-refractivity contribution in [1.29, 1.82) is 0 Å². The number of methoxy groups -OCH3 is 1. The first-order valence-corrected chi connectivity index (χ1v) is 7.79. The van der Waals surface area contributed by atoms with Gasteiger partial charge in [0.15, 0.2) is 5.82 Å². The molecule has 22 heavy (non-hydrogen) atoms. The number of hydrogen-bond acceptors (Lipinski definition) is 5. The number of H-pyrrole nitrogens is 1. The number of aromatic amines is 1. The molecular formula is C15H15N3O3S. The standard InChI is InChI=1S/C15H15N3O3S/c1-8-12-13(22-7-11(19)16-14(12)18-17-8)9-3-5-10(6-4-9)15(20)21-2/h3-6,13H,7H2,1-2H3,(H2,16,17,18,19). The third-order valence-corrected chi connectivity index (χ3v) is 4.80. The van der Waals surface area contributed by atoms with Gasteiger partial charge in [-0.15, -0.1) is 11.8 Å². The van der Waals surface area contributed by atoms with Gasteiger partial charge in [0.1, 0.15) is 0 Å². The van der Waals surface area contributed by atoms with E-state index < -0.39 is 0 Å². The number of ether oxygens (including phenoxy) is 1. The zero-order valence-corrected chi connectivity index (χ0v) is 13.0. The van der Waals surface area contributed by atoms with Gasteiger partial charge in [-0.05, 0) is 24.6 Å². The van der Waals surface area contributed by atoms with Crippen molar-refractivity contribution in [2.75, 3.05) is 18.2 Å². The number of amides is 1. The molecule has 1 aromatic carbocycles. The third kappa shape index (κ3) is 2.59. The van der Waals surface area contributed by atoms with Crippen molar-refractivity contribution in [3.8, 4) is 0 Å². The molecule has 0 saturated heterocycles. The average Bonchev–Trinajstić information content (AvgIpc) is 2.79. The van der Waals surface area contributed by atoms with E-state index in [2.05, 4.69) is 15.5 Å². The quantitative estimate of drug-likeness (QED) is 0.830. The van der Waals surface area contributed by atoms with Crippen LogP contribution >= 0.6 is 11.8 Å². The Morgan fingerprint density at radius 1 is 1.36 bits per heavy atom. The maximum atomic E-state index is 11.8. The molecule has 0 saturated carbocycles. The van der Waals surface area contributed by atoms with Crippen LogP contribution in [0.1, 0.15) is 32.4 Å². The summed E-state index contributed by atoms with van der Waals surface area (Å²) in [6.07, 6.45) is 0. The molecule has 0 bridgehead atoms. The number of benzene rings is 1. The van der Waals surface area contributed by atoms with Gasteiger partial charge in [0.25, 0.3) is 0 Å². The molecule has 0 aliphatic carbocycles. The van der Waals surface area contributed by atoms with Crippen LogP contribution in [0.3, 0.4) is 0 Å². The second kappa shape index (κ2) is 5.84. The summed E-state index contributed by atoms with van der Waals surface area (Å²) in [7, 11) is 1.36. The van der Waals surface area contributed by atoms with E-state index in [1.165, 1.54) is 18.9 Å². The Hall–Kier alpha value is -2.28. The first kappa shape index (κ1) is 14.6. The van der Waals surface area contributed by atoms with Gasteiger partial charge in [-0.25, -0.2) is 4.79 Å². The van der Waals surface area contributed by atoms with E-state index >= 15 is 0 Å². The van der Waals surface area contributed by atoms with Gasteiger partial charge in [0.05, 0.1) is 23.7 Å². The zero-order chi connectivity index (χ0) is 15.7. The summed E-state index contributed by atoms with van der Waals surface area (Å²) in [4.78, 5) is 23.3. The number of aromatic nitrogens is 2. The summed E-state index contributed by atoms with van der Waals surface area (Å²) in [5.41, 5.74) is 3.41. The second-order valence-corrected chi connectivity index (χ2v) is 6.06. The highest BCUT2D eigenvalue weighted by molar-refractivity contribution is 8.00. The second-order valence-electron chi connectivity index (χ2n) is 4.96. The Balaban J connectivity index is 1.98. The number of fused-ring (bicyclic) bond motifs is 1. The predicted octanol–water partition coefficient (Wildman–Crippen LogP) is 2.28. The monoisotopic (exact) mass is 317 g/mol. The Labute approximate surface area is 131 Å². The molecule has 6 nitrogen and oxygen atoms in total. The summed E-state index contributed by atoms with van der Waals surface area (Å²) in [6.45, 7) is 1.93. The number of nitrogens with zero attached hydrogens (tertiary/aromatic N) is 1. The largest absolute Gasteiger partial charge is 0.465 e. The first-order chi connectivity index (χ1) is 10.6. The van der Waals surface area contributed by atoms with Crippen molar-refractivity contribution in [3.63, 3.8) is 0 Å². The minimum absolute atomic E-state index is 0.0144. The molecule has 2 heterocycles. The van der Waals surface area contributed by atoms with Crippen LogP contribution in [0, 0.1) is 6.92 Å². The Bertz CT molecular complexity index is 724. The summed E-state index contributed by atoms with van der Waals surface area (Å²) < 4.78 is 4.70. The van der Waals surface area contributed by atoms with Gasteiger partial charge in [-0.2, -0.15) is 5.10 Å². The van der Waals surface area contributed by atoms with Crippen molar-refractivity contribution in [2.24, 2.45) is 0 Å². The number of rotatable bonds is 2. The molecule has 2 aromatic rings. The van der Waals surface area contributed by atoms with Gasteiger partial charge in [-0.3, -0.25) is 9.89 Å². The molecule has 1 unspecified atom stereocenters. The molecule has 1 aliphatic rings. The average molecular weight is 317 g/mol. The van der Waals surface area contributed by atoms with Crippen molar-refractivity contribution in [2.45, 2.75) is 12.2 Å². The Kier molecular flexibility index (Phi) is 3.89. The van der Waals surface area contributed by atoms with Crippen LogP contribution < -0.4 is 5.32 Å². The first-order valence-electron chi connectivity index (χ1n) is 6.74. The van der Waals surface area contributed by atoms with Crippen LogP contribution in [0.2, 0.25) is 0 Å². The number of nitrogens with one attached hydrogen (secondary N) is 2. The molecule has 3 rings (SSSR count). The van der Waals surface area contributed by atoms with Crippen LogP contribution in [-0.2, 0) is 9.53 Å². The van der Waals surface area contributed by atoms with Gasteiger partial charge >= 0.3 is 5.97 Å². The van der Waals surface area contributed by atoms with Crippen LogP contribution in [-0.4, -0.2) is 34.9 Å². The highest BCUT2D eigenvalue weighted by Crippen LogP contribution is 2.42. The van der Waals surface area contributed by atoms with Gasteiger partial charge < -0.3 is 10.1 Å².